The lowest BCUT2D eigenvalue weighted by atomic mass is 10.1. The number of nitrogens with one attached hydrogen (secondary N) is 1. The Kier molecular flexibility index (Phi) is 5.13. The Hall–Kier alpha value is -3.11. The number of aromatic nitrogens is 2. The van der Waals surface area contributed by atoms with Crippen LogP contribution in [0.5, 0.6) is 0 Å². The van der Waals surface area contributed by atoms with E-state index in [0.717, 1.165) is 29.0 Å². The molecule has 0 aliphatic carbocycles. The molecular weight excluding hydrogens is 370 g/mol. The second-order valence-corrected chi connectivity index (χ2v) is 7.11. The molecule has 0 saturated carbocycles. The first-order valence-corrected chi connectivity index (χ1v) is 9.57. The lowest BCUT2D eigenvalue weighted by Gasteiger charge is -2.08. The van der Waals surface area contributed by atoms with Crippen LogP contribution >= 0.6 is 11.6 Å². The zero-order chi connectivity index (χ0) is 19.5. The number of imidazole rings is 1. The molecule has 4 aromatic rings. The molecule has 1 amide bonds. The molecule has 1 aromatic heterocycles. The standard InChI is InChI=1S/C23H20ClN3O/c1-16-26-21-14-18(23(28)25-13-12-17-6-3-2-4-7-17)10-11-22(21)27(16)20-9-5-8-19(24)15-20/h2-11,14-15H,12-13H2,1H3,(H,25,28). The molecule has 0 aliphatic rings. The van der Waals surface area contributed by atoms with Gasteiger partial charge in [0.2, 0.25) is 0 Å². The molecule has 4 rings (SSSR count). The quantitative estimate of drug-likeness (QED) is 0.524. The summed E-state index contributed by atoms with van der Waals surface area (Å²) in [6.45, 7) is 2.54. The topological polar surface area (TPSA) is 46.9 Å². The number of rotatable bonds is 5. The second kappa shape index (κ2) is 7.87. The van der Waals surface area contributed by atoms with Crippen molar-refractivity contribution in [3.05, 3.63) is 94.8 Å². The molecule has 5 heteroatoms. The maximum absolute atomic E-state index is 12.5. The number of carbonyl (C=O) groups is 1. The van der Waals surface area contributed by atoms with Gasteiger partial charge in [0, 0.05) is 22.8 Å². The van der Waals surface area contributed by atoms with Gasteiger partial charge in [0.05, 0.1) is 11.0 Å². The first kappa shape index (κ1) is 18.3. The van der Waals surface area contributed by atoms with Gasteiger partial charge in [-0.25, -0.2) is 4.98 Å². The molecule has 0 unspecified atom stereocenters. The number of carbonyl (C=O) groups excluding carboxylic acids is 1. The smallest absolute Gasteiger partial charge is 0.251 e. The van der Waals surface area contributed by atoms with E-state index in [9.17, 15) is 4.79 Å². The summed E-state index contributed by atoms with van der Waals surface area (Å²) < 4.78 is 2.04. The number of amides is 1. The van der Waals surface area contributed by atoms with Crippen molar-refractivity contribution in [2.75, 3.05) is 6.54 Å². The van der Waals surface area contributed by atoms with Crippen LogP contribution in [0, 0.1) is 6.92 Å². The summed E-state index contributed by atoms with van der Waals surface area (Å²) in [6.07, 6.45) is 0.803. The van der Waals surface area contributed by atoms with Crippen molar-refractivity contribution in [1.82, 2.24) is 14.9 Å². The number of hydrogen-bond acceptors (Lipinski definition) is 2. The zero-order valence-corrected chi connectivity index (χ0v) is 16.3. The van der Waals surface area contributed by atoms with Gasteiger partial charge in [-0.15, -0.1) is 0 Å². The summed E-state index contributed by atoms with van der Waals surface area (Å²) in [5.41, 5.74) is 4.49. The van der Waals surface area contributed by atoms with E-state index in [4.69, 9.17) is 11.6 Å². The minimum Gasteiger partial charge on any atom is -0.352 e. The average Bonchev–Trinajstić information content (AvgIpc) is 3.03. The lowest BCUT2D eigenvalue weighted by Crippen LogP contribution is -2.25. The van der Waals surface area contributed by atoms with Gasteiger partial charge in [0.1, 0.15) is 5.82 Å². The van der Waals surface area contributed by atoms with Crippen LogP contribution in [0.3, 0.4) is 0 Å². The fourth-order valence-corrected chi connectivity index (χ4v) is 3.53. The number of benzene rings is 3. The highest BCUT2D eigenvalue weighted by Crippen LogP contribution is 2.24. The normalized spacial score (nSPS) is 10.9. The van der Waals surface area contributed by atoms with E-state index in [1.165, 1.54) is 5.56 Å². The maximum Gasteiger partial charge on any atom is 0.251 e. The number of nitrogens with zero attached hydrogens (tertiary/aromatic N) is 2. The summed E-state index contributed by atoms with van der Waals surface area (Å²) in [5, 5.41) is 3.66. The molecule has 1 heterocycles. The van der Waals surface area contributed by atoms with Gasteiger partial charge >= 0.3 is 0 Å². The molecule has 0 atom stereocenters. The maximum atomic E-state index is 12.5. The minimum atomic E-state index is -0.0900. The number of aryl methyl sites for hydroxylation is 1. The van der Waals surface area contributed by atoms with Gasteiger partial charge in [-0.05, 0) is 55.3 Å². The molecule has 0 aliphatic heterocycles. The zero-order valence-electron chi connectivity index (χ0n) is 15.5. The number of fused-ring (bicyclic) bond motifs is 1. The van der Waals surface area contributed by atoms with Crippen molar-refractivity contribution in [3.8, 4) is 5.69 Å². The third-order valence-corrected chi connectivity index (χ3v) is 4.93. The summed E-state index contributed by atoms with van der Waals surface area (Å²) >= 11 is 6.14. The molecule has 140 valence electrons. The Morgan fingerprint density at radius 3 is 2.64 bits per heavy atom. The van der Waals surface area contributed by atoms with Crippen molar-refractivity contribution in [2.24, 2.45) is 0 Å². The van der Waals surface area contributed by atoms with E-state index in [-0.39, 0.29) is 5.91 Å². The predicted molar refractivity (Wildman–Crippen MR) is 113 cm³/mol. The molecule has 0 radical (unpaired) electrons. The van der Waals surface area contributed by atoms with E-state index in [1.54, 1.807) is 0 Å². The third kappa shape index (κ3) is 3.78. The fourth-order valence-electron chi connectivity index (χ4n) is 3.35. The summed E-state index contributed by atoms with van der Waals surface area (Å²) in [5.74, 6) is 0.756. The Morgan fingerprint density at radius 1 is 1.04 bits per heavy atom. The summed E-state index contributed by atoms with van der Waals surface area (Å²) in [6, 6.07) is 23.4. The van der Waals surface area contributed by atoms with Crippen molar-refractivity contribution >= 4 is 28.5 Å². The van der Waals surface area contributed by atoms with E-state index in [1.807, 2.05) is 72.2 Å². The molecular formula is C23H20ClN3O. The van der Waals surface area contributed by atoms with Crippen LogP contribution < -0.4 is 5.32 Å². The molecule has 0 fully saturated rings. The molecule has 3 aromatic carbocycles. The minimum absolute atomic E-state index is 0.0900. The van der Waals surface area contributed by atoms with Crippen molar-refractivity contribution in [2.45, 2.75) is 13.3 Å². The molecule has 4 nitrogen and oxygen atoms in total. The van der Waals surface area contributed by atoms with E-state index in [0.29, 0.717) is 17.1 Å². The van der Waals surface area contributed by atoms with Gasteiger partial charge in [0.25, 0.3) is 5.91 Å². The number of halogens is 1. The highest BCUT2D eigenvalue weighted by molar-refractivity contribution is 6.30. The first-order chi connectivity index (χ1) is 13.6. The van der Waals surface area contributed by atoms with Gasteiger partial charge in [0.15, 0.2) is 0 Å². The van der Waals surface area contributed by atoms with Crippen LogP contribution in [-0.4, -0.2) is 22.0 Å². The van der Waals surface area contributed by atoms with Crippen LogP contribution in [-0.2, 0) is 6.42 Å². The molecule has 0 saturated heterocycles. The van der Waals surface area contributed by atoms with Crippen molar-refractivity contribution in [3.63, 3.8) is 0 Å². The third-order valence-electron chi connectivity index (χ3n) is 4.69. The van der Waals surface area contributed by atoms with Crippen molar-refractivity contribution < 1.29 is 4.79 Å². The van der Waals surface area contributed by atoms with Crippen LogP contribution in [0.25, 0.3) is 16.7 Å². The Bertz CT molecular complexity index is 1140. The van der Waals surface area contributed by atoms with E-state index >= 15 is 0 Å². The highest BCUT2D eigenvalue weighted by atomic mass is 35.5. The Labute approximate surface area is 168 Å². The Morgan fingerprint density at radius 2 is 1.86 bits per heavy atom. The Balaban J connectivity index is 1.54. The highest BCUT2D eigenvalue weighted by Gasteiger charge is 2.13. The molecule has 0 bridgehead atoms. The predicted octanol–water partition coefficient (Wildman–Crippen LogP) is 4.96. The largest absolute Gasteiger partial charge is 0.352 e. The molecule has 1 N–H and O–H groups in total. The van der Waals surface area contributed by atoms with E-state index < -0.39 is 0 Å². The van der Waals surface area contributed by atoms with E-state index in [2.05, 4.69) is 22.4 Å². The summed E-state index contributed by atoms with van der Waals surface area (Å²) in [7, 11) is 0. The summed E-state index contributed by atoms with van der Waals surface area (Å²) in [4.78, 5) is 17.2. The van der Waals surface area contributed by atoms with Crippen molar-refractivity contribution in [1.29, 1.82) is 0 Å². The fraction of sp³-hybridized carbons (Fsp3) is 0.130. The van der Waals surface area contributed by atoms with Gasteiger partial charge in [-0.1, -0.05) is 48.0 Å². The lowest BCUT2D eigenvalue weighted by molar-refractivity contribution is 0.0954. The van der Waals surface area contributed by atoms with Crippen LogP contribution in [0.1, 0.15) is 21.7 Å². The van der Waals surface area contributed by atoms with Gasteiger partial charge < -0.3 is 5.32 Å². The first-order valence-electron chi connectivity index (χ1n) is 9.19. The number of hydrogen-bond donors (Lipinski definition) is 1. The molecule has 0 spiro atoms. The average molecular weight is 390 g/mol. The second-order valence-electron chi connectivity index (χ2n) is 6.67. The van der Waals surface area contributed by atoms with Gasteiger partial charge in [-0.3, -0.25) is 9.36 Å². The molecule has 28 heavy (non-hydrogen) atoms. The van der Waals surface area contributed by atoms with Crippen LogP contribution in [0.4, 0.5) is 0 Å². The SMILES string of the molecule is Cc1nc2cc(C(=O)NCCc3ccccc3)ccc2n1-c1cccc(Cl)c1. The van der Waals surface area contributed by atoms with Crippen LogP contribution in [0.2, 0.25) is 5.02 Å². The monoisotopic (exact) mass is 389 g/mol. The van der Waals surface area contributed by atoms with Crippen LogP contribution in [0.15, 0.2) is 72.8 Å². The van der Waals surface area contributed by atoms with Gasteiger partial charge in [-0.2, -0.15) is 0 Å².